The summed E-state index contributed by atoms with van der Waals surface area (Å²) in [7, 11) is 0. The van der Waals surface area contributed by atoms with Gasteiger partial charge in [-0.25, -0.2) is 0 Å². The van der Waals surface area contributed by atoms with Crippen LogP contribution in [-0.2, 0) is 0 Å². The van der Waals surface area contributed by atoms with Crippen LogP contribution in [0, 0.1) is 5.92 Å². The minimum atomic E-state index is 0.672. The van der Waals surface area contributed by atoms with E-state index in [1.807, 2.05) is 0 Å². The van der Waals surface area contributed by atoms with Crippen LogP contribution in [0.5, 0.6) is 0 Å². The molecule has 0 spiro atoms. The van der Waals surface area contributed by atoms with Gasteiger partial charge in [-0.2, -0.15) is 0 Å². The fraction of sp³-hybridized carbons (Fsp3) is 1.00. The maximum Gasteiger partial charge on any atom is 0.0221 e. The molecule has 0 amide bonds. The first-order chi connectivity index (χ1) is 7.83. The predicted octanol–water partition coefficient (Wildman–Crippen LogP) is 2.77. The standard InChI is InChI=1S/C14H28N2/c1-12(13-7-3-2-4-8-13)16-10-6-5-9-14(16)11-15/h12-14H,2-11,15H2,1H3. The monoisotopic (exact) mass is 224 g/mol. The van der Waals surface area contributed by atoms with E-state index < -0.39 is 0 Å². The Morgan fingerprint density at radius 3 is 2.44 bits per heavy atom. The van der Waals surface area contributed by atoms with E-state index >= 15 is 0 Å². The Morgan fingerprint density at radius 2 is 1.75 bits per heavy atom. The van der Waals surface area contributed by atoms with Crippen molar-refractivity contribution in [3.05, 3.63) is 0 Å². The summed E-state index contributed by atoms with van der Waals surface area (Å²) in [5, 5.41) is 0. The Kier molecular flexibility index (Phi) is 4.66. The summed E-state index contributed by atoms with van der Waals surface area (Å²) in [6.07, 6.45) is 11.4. The molecule has 1 aliphatic heterocycles. The minimum absolute atomic E-state index is 0.672. The van der Waals surface area contributed by atoms with E-state index in [1.165, 1.54) is 57.9 Å². The van der Waals surface area contributed by atoms with Crippen LogP contribution in [0.4, 0.5) is 0 Å². The van der Waals surface area contributed by atoms with Gasteiger partial charge in [-0.05, 0) is 45.1 Å². The van der Waals surface area contributed by atoms with Crippen molar-refractivity contribution in [1.82, 2.24) is 4.90 Å². The second kappa shape index (κ2) is 6.02. The van der Waals surface area contributed by atoms with Crippen molar-refractivity contribution < 1.29 is 0 Å². The van der Waals surface area contributed by atoms with Gasteiger partial charge in [0.2, 0.25) is 0 Å². The number of hydrogen-bond donors (Lipinski definition) is 1. The largest absolute Gasteiger partial charge is 0.329 e. The lowest BCUT2D eigenvalue weighted by molar-refractivity contribution is 0.0619. The first-order valence-electron chi connectivity index (χ1n) is 7.28. The molecule has 0 aromatic rings. The van der Waals surface area contributed by atoms with E-state index in [0.29, 0.717) is 6.04 Å². The molecule has 16 heavy (non-hydrogen) atoms. The summed E-state index contributed by atoms with van der Waals surface area (Å²) < 4.78 is 0. The van der Waals surface area contributed by atoms with Gasteiger partial charge in [0.15, 0.2) is 0 Å². The van der Waals surface area contributed by atoms with Crippen LogP contribution in [0.25, 0.3) is 0 Å². The lowest BCUT2D eigenvalue weighted by atomic mass is 9.82. The molecular weight excluding hydrogens is 196 g/mol. The highest BCUT2D eigenvalue weighted by Gasteiger charge is 2.30. The van der Waals surface area contributed by atoms with Crippen LogP contribution < -0.4 is 5.73 Å². The summed E-state index contributed by atoms with van der Waals surface area (Å²) in [6, 6.07) is 1.44. The van der Waals surface area contributed by atoms with Gasteiger partial charge in [-0.15, -0.1) is 0 Å². The zero-order chi connectivity index (χ0) is 11.4. The van der Waals surface area contributed by atoms with Gasteiger partial charge in [0.1, 0.15) is 0 Å². The number of piperidine rings is 1. The van der Waals surface area contributed by atoms with E-state index in [2.05, 4.69) is 11.8 Å². The van der Waals surface area contributed by atoms with Crippen molar-refractivity contribution in [3.8, 4) is 0 Å². The summed E-state index contributed by atoms with van der Waals surface area (Å²) >= 11 is 0. The van der Waals surface area contributed by atoms with Crippen molar-refractivity contribution >= 4 is 0 Å². The van der Waals surface area contributed by atoms with Gasteiger partial charge >= 0.3 is 0 Å². The molecule has 1 saturated carbocycles. The van der Waals surface area contributed by atoms with E-state index in [0.717, 1.165) is 18.5 Å². The molecule has 2 N–H and O–H groups in total. The third-order valence-corrected chi connectivity index (χ3v) is 4.80. The molecule has 0 aromatic heterocycles. The molecule has 0 bridgehead atoms. The van der Waals surface area contributed by atoms with Crippen molar-refractivity contribution in [2.75, 3.05) is 13.1 Å². The molecule has 1 saturated heterocycles. The van der Waals surface area contributed by atoms with E-state index in [4.69, 9.17) is 5.73 Å². The molecule has 2 nitrogen and oxygen atoms in total. The quantitative estimate of drug-likeness (QED) is 0.798. The van der Waals surface area contributed by atoms with Crippen LogP contribution in [-0.4, -0.2) is 30.1 Å². The van der Waals surface area contributed by atoms with Crippen molar-refractivity contribution in [1.29, 1.82) is 0 Å². The van der Waals surface area contributed by atoms with Gasteiger partial charge in [-0.1, -0.05) is 25.7 Å². The summed E-state index contributed by atoms with van der Waals surface area (Å²) in [6.45, 7) is 4.60. The third-order valence-electron chi connectivity index (χ3n) is 4.80. The summed E-state index contributed by atoms with van der Waals surface area (Å²) in [5.41, 5.74) is 5.92. The smallest absolute Gasteiger partial charge is 0.0221 e. The maximum absolute atomic E-state index is 5.92. The minimum Gasteiger partial charge on any atom is -0.329 e. The van der Waals surface area contributed by atoms with Crippen LogP contribution in [0.1, 0.15) is 58.3 Å². The molecule has 0 radical (unpaired) electrons. The van der Waals surface area contributed by atoms with Crippen LogP contribution in [0.3, 0.4) is 0 Å². The second-order valence-corrected chi connectivity index (χ2v) is 5.76. The number of nitrogens with two attached hydrogens (primary N) is 1. The van der Waals surface area contributed by atoms with E-state index in [-0.39, 0.29) is 0 Å². The molecule has 0 aromatic carbocycles. The van der Waals surface area contributed by atoms with Crippen molar-refractivity contribution in [2.45, 2.75) is 70.4 Å². The SMILES string of the molecule is CC(C1CCCCC1)N1CCCCC1CN. The molecular formula is C14H28N2. The van der Waals surface area contributed by atoms with E-state index in [9.17, 15) is 0 Å². The molecule has 1 aliphatic carbocycles. The molecule has 2 fully saturated rings. The summed E-state index contributed by atoms with van der Waals surface area (Å²) in [5.74, 6) is 0.945. The zero-order valence-electron chi connectivity index (χ0n) is 10.8. The highest BCUT2D eigenvalue weighted by molar-refractivity contribution is 4.86. The molecule has 94 valence electrons. The number of hydrogen-bond acceptors (Lipinski definition) is 2. The number of rotatable bonds is 3. The zero-order valence-corrected chi connectivity index (χ0v) is 10.8. The van der Waals surface area contributed by atoms with Gasteiger partial charge in [-0.3, -0.25) is 4.90 Å². The van der Waals surface area contributed by atoms with Crippen LogP contribution in [0.2, 0.25) is 0 Å². The van der Waals surface area contributed by atoms with Gasteiger partial charge in [0, 0.05) is 18.6 Å². The van der Waals surface area contributed by atoms with Crippen molar-refractivity contribution in [3.63, 3.8) is 0 Å². The summed E-state index contributed by atoms with van der Waals surface area (Å²) in [4.78, 5) is 2.72. The fourth-order valence-electron chi connectivity index (χ4n) is 3.70. The molecule has 2 rings (SSSR count). The van der Waals surface area contributed by atoms with Crippen molar-refractivity contribution in [2.24, 2.45) is 11.7 Å². The van der Waals surface area contributed by atoms with Gasteiger partial charge < -0.3 is 5.73 Å². The molecule has 2 aliphatic rings. The Bertz CT molecular complexity index is 199. The topological polar surface area (TPSA) is 29.3 Å². The first kappa shape index (κ1) is 12.4. The molecule has 2 atom stereocenters. The predicted molar refractivity (Wildman–Crippen MR) is 69.4 cm³/mol. The Morgan fingerprint density at radius 1 is 1.06 bits per heavy atom. The molecule has 2 unspecified atom stereocenters. The second-order valence-electron chi connectivity index (χ2n) is 5.76. The highest BCUT2D eigenvalue weighted by atomic mass is 15.2. The Hall–Kier alpha value is -0.0800. The number of nitrogens with zero attached hydrogens (tertiary/aromatic N) is 1. The first-order valence-corrected chi connectivity index (χ1v) is 7.28. The average molecular weight is 224 g/mol. The average Bonchev–Trinajstić information content (AvgIpc) is 2.39. The lowest BCUT2D eigenvalue weighted by Crippen LogP contribution is -2.51. The normalized spacial score (nSPS) is 31.5. The van der Waals surface area contributed by atoms with E-state index in [1.54, 1.807) is 0 Å². The molecule has 2 heteroatoms. The van der Waals surface area contributed by atoms with Crippen LogP contribution in [0.15, 0.2) is 0 Å². The fourth-order valence-corrected chi connectivity index (χ4v) is 3.70. The Labute approximate surface area is 101 Å². The lowest BCUT2D eigenvalue weighted by Gasteiger charge is -2.43. The van der Waals surface area contributed by atoms with Crippen LogP contribution >= 0.6 is 0 Å². The van der Waals surface area contributed by atoms with Gasteiger partial charge in [0.25, 0.3) is 0 Å². The Balaban J connectivity index is 1.92. The third kappa shape index (κ3) is 2.78. The van der Waals surface area contributed by atoms with Gasteiger partial charge in [0.05, 0.1) is 0 Å². The number of likely N-dealkylation sites (tertiary alicyclic amines) is 1. The highest BCUT2D eigenvalue weighted by Crippen LogP contribution is 2.31. The maximum atomic E-state index is 5.92. The molecule has 1 heterocycles.